The van der Waals surface area contributed by atoms with Crippen LogP contribution in [0.2, 0.25) is 0 Å². The molecule has 0 radical (unpaired) electrons. The van der Waals surface area contributed by atoms with Crippen molar-refractivity contribution < 1.29 is 9.53 Å². The molecular formula is C24H31NO2. The predicted octanol–water partition coefficient (Wildman–Crippen LogP) is 5.37. The van der Waals surface area contributed by atoms with E-state index in [9.17, 15) is 4.79 Å². The smallest absolute Gasteiger partial charge is 0.308 e. The molecule has 2 aromatic rings. The first-order chi connectivity index (χ1) is 12.9. The Labute approximate surface area is 163 Å². The van der Waals surface area contributed by atoms with E-state index >= 15 is 0 Å². The fraction of sp³-hybridized carbons (Fsp3) is 0.375. The first-order valence-corrected chi connectivity index (χ1v) is 9.54. The van der Waals surface area contributed by atoms with Crippen LogP contribution in [0.1, 0.15) is 45.2 Å². The minimum atomic E-state index is -0.471. The van der Waals surface area contributed by atoms with Gasteiger partial charge in [0.2, 0.25) is 0 Å². The summed E-state index contributed by atoms with van der Waals surface area (Å²) in [5, 5.41) is 0. The molecule has 3 heteroatoms. The van der Waals surface area contributed by atoms with Gasteiger partial charge in [-0.05, 0) is 38.8 Å². The summed E-state index contributed by atoms with van der Waals surface area (Å²) in [6.45, 7) is 9.25. The number of carbonyl (C=O) groups is 1. The molecule has 0 saturated heterocycles. The maximum absolute atomic E-state index is 12.5. The lowest BCUT2D eigenvalue weighted by Crippen LogP contribution is -2.36. The van der Waals surface area contributed by atoms with E-state index in [0.717, 1.165) is 13.1 Å². The number of esters is 1. The van der Waals surface area contributed by atoms with Crippen molar-refractivity contribution in [1.29, 1.82) is 0 Å². The zero-order valence-corrected chi connectivity index (χ0v) is 16.9. The van der Waals surface area contributed by atoms with Gasteiger partial charge in [-0.15, -0.1) is 0 Å². The summed E-state index contributed by atoms with van der Waals surface area (Å²) in [4.78, 5) is 14.8. The summed E-state index contributed by atoms with van der Waals surface area (Å²) in [6.07, 6.45) is 4.44. The number of carbonyl (C=O) groups excluding carboxylic acids is 1. The normalized spacial score (nSPS) is 13.1. The fourth-order valence-corrected chi connectivity index (χ4v) is 3.02. The van der Waals surface area contributed by atoms with E-state index in [1.807, 2.05) is 45.9 Å². The molecule has 0 saturated carbocycles. The lowest BCUT2D eigenvalue weighted by atomic mass is 10.1. The molecule has 144 valence electrons. The monoisotopic (exact) mass is 365 g/mol. The van der Waals surface area contributed by atoms with Gasteiger partial charge in [0.25, 0.3) is 0 Å². The average molecular weight is 366 g/mol. The van der Waals surface area contributed by atoms with Crippen molar-refractivity contribution in [2.24, 2.45) is 0 Å². The zero-order chi connectivity index (χ0) is 19.7. The van der Waals surface area contributed by atoms with Gasteiger partial charge in [0.15, 0.2) is 0 Å². The molecule has 0 aliphatic carbocycles. The van der Waals surface area contributed by atoms with E-state index in [0.29, 0.717) is 6.42 Å². The third kappa shape index (κ3) is 7.79. The van der Waals surface area contributed by atoms with Crippen molar-refractivity contribution in [2.75, 3.05) is 0 Å². The lowest BCUT2D eigenvalue weighted by Gasteiger charge is -2.30. The molecule has 2 rings (SSSR count). The highest BCUT2D eigenvalue weighted by molar-refractivity contribution is 5.71. The highest BCUT2D eigenvalue weighted by Gasteiger charge is 2.23. The molecule has 0 aliphatic heterocycles. The number of benzene rings is 2. The molecule has 0 bridgehead atoms. The highest BCUT2D eigenvalue weighted by atomic mass is 16.6. The molecule has 0 unspecified atom stereocenters. The van der Waals surface area contributed by atoms with Crippen LogP contribution in [0.4, 0.5) is 0 Å². The molecular weight excluding hydrogens is 334 g/mol. The Morgan fingerprint density at radius 3 is 1.85 bits per heavy atom. The predicted molar refractivity (Wildman–Crippen MR) is 111 cm³/mol. The van der Waals surface area contributed by atoms with E-state index in [4.69, 9.17) is 4.74 Å². The van der Waals surface area contributed by atoms with E-state index in [-0.39, 0.29) is 12.0 Å². The Hall–Kier alpha value is -2.39. The van der Waals surface area contributed by atoms with E-state index in [1.165, 1.54) is 11.1 Å². The maximum atomic E-state index is 12.5. The van der Waals surface area contributed by atoms with Gasteiger partial charge in [-0.3, -0.25) is 9.69 Å². The van der Waals surface area contributed by atoms with Gasteiger partial charge >= 0.3 is 5.97 Å². The molecule has 1 atom stereocenters. The summed E-state index contributed by atoms with van der Waals surface area (Å²) >= 11 is 0. The average Bonchev–Trinajstić information content (AvgIpc) is 2.61. The molecule has 0 aliphatic rings. The lowest BCUT2D eigenvalue weighted by molar-refractivity contribution is -0.156. The molecule has 0 N–H and O–H groups in total. The molecule has 0 spiro atoms. The van der Waals surface area contributed by atoms with Crippen molar-refractivity contribution in [3.63, 3.8) is 0 Å². The summed E-state index contributed by atoms with van der Waals surface area (Å²) in [5.41, 5.74) is 1.99. The second-order valence-electron chi connectivity index (χ2n) is 7.76. The van der Waals surface area contributed by atoms with Gasteiger partial charge in [0.05, 0.1) is 6.42 Å². The number of hydrogen-bond donors (Lipinski definition) is 0. The second-order valence-corrected chi connectivity index (χ2v) is 7.76. The topological polar surface area (TPSA) is 29.5 Å². The van der Waals surface area contributed by atoms with Gasteiger partial charge in [0.1, 0.15) is 5.60 Å². The number of nitrogens with zero attached hydrogens (tertiary/aromatic N) is 1. The number of rotatable bonds is 8. The SMILES string of the molecule is C/C=C/[C@@H](CC(=O)OC(C)(C)C)N(Cc1ccccc1)Cc1ccccc1. The van der Waals surface area contributed by atoms with Crippen LogP contribution in [0, 0.1) is 0 Å². The van der Waals surface area contributed by atoms with Gasteiger partial charge < -0.3 is 4.74 Å². The third-order valence-corrected chi connectivity index (χ3v) is 4.14. The summed E-state index contributed by atoms with van der Waals surface area (Å²) < 4.78 is 5.57. The molecule has 3 nitrogen and oxygen atoms in total. The van der Waals surface area contributed by atoms with Gasteiger partial charge in [-0.25, -0.2) is 0 Å². The van der Waals surface area contributed by atoms with Crippen LogP contribution in [0.5, 0.6) is 0 Å². The fourth-order valence-electron chi connectivity index (χ4n) is 3.02. The van der Waals surface area contributed by atoms with Crippen LogP contribution < -0.4 is 0 Å². The standard InChI is InChI=1S/C24H31NO2/c1-5-12-22(17-23(26)27-24(2,3)4)25(18-20-13-8-6-9-14-20)19-21-15-10-7-11-16-21/h5-16,22H,17-19H2,1-4H3/b12-5+/t22-/m0/s1. The Morgan fingerprint density at radius 1 is 0.963 bits per heavy atom. The minimum absolute atomic E-state index is 0.0229. The maximum Gasteiger partial charge on any atom is 0.308 e. The van der Waals surface area contributed by atoms with Crippen molar-refractivity contribution in [3.05, 3.63) is 83.9 Å². The Morgan fingerprint density at radius 2 is 1.44 bits per heavy atom. The summed E-state index contributed by atoms with van der Waals surface area (Å²) in [5.74, 6) is -0.170. The summed E-state index contributed by atoms with van der Waals surface area (Å²) in [7, 11) is 0. The van der Waals surface area contributed by atoms with Crippen LogP contribution in [0.3, 0.4) is 0 Å². The number of allylic oxidation sites excluding steroid dienone is 1. The Bertz CT molecular complexity index is 676. The zero-order valence-electron chi connectivity index (χ0n) is 16.9. The highest BCUT2D eigenvalue weighted by Crippen LogP contribution is 2.19. The van der Waals surface area contributed by atoms with E-state index in [2.05, 4.69) is 59.5 Å². The quantitative estimate of drug-likeness (QED) is 0.465. The van der Waals surface area contributed by atoms with Crippen LogP contribution in [0.15, 0.2) is 72.8 Å². The van der Waals surface area contributed by atoms with Crippen LogP contribution in [-0.2, 0) is 22.6 Å². The van der Waals surface area contributed by atoms with Crippen LogP contribution in [0.25, 0.3) is 0 Å². The van der Waals surface area contributed by atoms with Gasteiger partial charge in [-0.2, -0.15) is 0 Å². The number of hydrogen-bond acceptors (Lipinski definition) is 3. The molecule has 0 amide bonds. The molecule has 2 aromatic carbocycles. The molecule has 0 heterocycles. The first-order valence-electron chi connectivity index (χ1n) is 9.54. The molecule has 0 fully saturated rings. The van der Waals surface area contributed by atoms with Crippen molar-refractivity contribution >= 4 is 5.97 Å². The second kappa shape index (κ2) is 10.1. The minimum Gasteiger partial charge on any atom is -0.460 e. The molecule has 0 aromatic heterocycles. The third-order valence-electron chi connectivity index (χ3n) is 4.14. The van der Waals surface area contributed by atoms with Crippen molar-refractivity contribution in [3.8, 4) is 0 Å². The Balaban J connectivity index is 2.22. The first kappa shape index (κ1) is 20.9. The molecule has 27 heavy (non-hydrogen) atoms. The number of ether oxygens (including phenoxy) is 1. The van der Waals surface area contributed by atoms with Crippen molar-refractivity contribution in [2.45, 2.75) is 58.8 Å². The van der Waals surface area contributed by atoms with Gasteiger partial charge in [0, 0.05) is 19.1 Å². The summed E-state index contributed by atoms with van der Waals surface area (Å²) in [6, 6.07) is 20.7. The van der Waals surface area contributed by atoms with Crippen molar-refractivity contribution in [1.82, 2.24) is 4.90 Å². The van der Waals surface area contributed by atoms with Crippen LogP contribution in [-0.4, -0.2) is 22.5 Å². The van der Waals surface area contributed by atoms with Crippen LogP contribution >= 0.6 is 0 Å². The Kier molecular flexibility index (Phi) is 7.81. The van der Waals surface area contributed by atoms with E-state index in [1.54, 1.807) is 0 Å². The van der Waals surface area contributed by atoms with E-state index < -0.39 is 5.60 Å². The van der Waals surface area contributed by atoms with Gasteiger partial charge in [-0.1, -0.05) is 72.8 Å². The largest absolute Gasteiger partial charge is 0.460 e.